The molecular formula is C22H12Cl2N4O6. The van der Waals surface area contributed by atoms with Crippen LogP contribution in [0.2, 0.25) is 10.0 Å². The molecule has 170 valence electrons. The molecule has 0 atom stereocenters. The molecule has 3 aromatic carbocycles. The highest BCUT2D eigenvalue weighted by molar-refractivity contribution is 6.36. The van der Waals surface area contributed by atoms with Crippen molar-refractivity contribution < 1.29 is 19.4 Å². The van der Waals surface area contributed by atoms with Gasteiger partial charge in [-0.2, -0.15) is 5.26 Å². The van der Waals surface area contributed by atoms with Gasteiger partial charge in [0.25, 0.3) is 11.6 Å². The Hall–Kier alpha value is -4.46. The number of amides is 1. The highest BCUT2D eigenvalue weighted by Gasteiger charge is 2.23. The van der Waals surface area contributed by atoms with Crippen LogP contribution in [0.1, 0.15) is 5.56 Å². The molecular weight excluding hydrogens is 487 g/mol. The molecule has 0 fully saturated rings. The van der Waals surface area contributed by atoms with E-state index >= 15 is 0 Å². The molecule has 10 nitrogen and oxygen atoms in total. The zero-order valence-electron chi connectivity index (χ0n) is 16.9. The predicted molar refractivity (Wildman–Crippen MR) is 125 cm³/mol. The lowest BCUT2D eigenvalue weighted by atomic mass is 10.1. The Bertz CT molecular complexity index is 1370. The fraction of sp³-hybridized carbons (Fsp3) is 0. The fourth-order valence-corrected chi connectivity index (χ4v) is 3.33. The van der Waals surface area contributed by atoms with Crippen molar-refractivity contribution in [3.8, 4) is 17.6 Å². The van der Waals surface area contributed by atoms with Gasteiger partial charge in [0.05, 0.1) is 20.9 Å². The van der Waals surface area contributed by atoms with Crippen LogP contribution in [0.5, 0.6) is 11.5 Å². The molecule has 1 N–H and O–H groups in total. The highest BCUT2D eigenvalue weighted by atomic mass is 35.5. The number of benzene rings is 3. The summed E-state index contributed by atoms with van der Waals surface area (Å²) in [5.41, 5.74) is -0.992. The Balaban J connectivity index is 2.05. The molecule has 12 heteroatoms. The van der Waals surface area contributed by atoms with Gasteiger partial charge in [0.2, 0.25) is 5.75 Å². The van der Waals surface area contributed by atoms with Crippen LogP contribution in [-0.2, 0) is 4.79 Å². The topological polar surface area (TPSA) is 148 Å². The number of rotatable bonds is 7. The molecule has 0 aliphatic rings. The van der Waals surface area contributed by atoms with E-state index in [1.165, 1.54) is 12.1 Å². The number of hydrogen-bond donors (Lipinski definition) is 1. The van der Waals surface area contributed by atoms with Crippen LogP contribution in [0, 0.1) is 31.6 Å². The van der Waals surface area contributed by atoms with Gasteiger partial charge in [-0.25, -0.2) is 0 Å². The van der Waals surface area contributed by atoms with E-state index in [1.807, 2.05) is 0 Å². The monoisotopic (exact) mass is 498 g/mol. The first-order valence-electron chi connectivity index (χ1n) is 9.27. The van der Waals surface area contributed by atoms with Crippen molar-refractivity contribution >= 4 is 52.2 Å². The molecule has 0 saturated carbocycles. The minimum absolute atomic E-state index is 0.0740. The molecule has 0 spiro atoms. The normalized spacial score (nSPS) is 10.8. The number of carbonyl (C=O) groups excluding carboxylic acids is 1. The average Bonchev–Trinajstić information content (AvgIpc) is 2.79. The van der Waals surface area contributed by atoms with Crippen LogP contribution in [0.25, 0.3) is 6.08 Å². The summed E-state index contributed by atoms with van der Waals surface area (Å²) in [6.45, 7) is 0. The van der Waals surface area contributed by atoms with E-state index in [4.69, 9.17) is 27.9 Å². The Labute approximate surface area is 201 Å². The molecule has 0 radical (unpaired) electrons. The van der Waals surface area contributed by atoms with Gasteiger partial charge in [-0.15, -0.1) is 0 Å². The standard InChI is InChI=1S/C22H12Cl2N4O6/c23-15-9-13(8-14(12-25)22(29)26-16-4-2-1-3-5-16)21(18(24)10-15)34-20-7-6-17(27(30)31)11-19(20)28(32)33/h1-11H,(H,26,29)/b14-8+. The van der Waals surface area contributed by atoms with Crippen LogP contribution in [-0.4, -0.2) is 15.8 Å². The number of nitrogens with zero attached hydrogens (tertiary/aromatic N) is 3. The van der Waals surface area contributed by atoms with Gasteiger partial charge in [-0.1, -0.05) is 41.4 Å². The van der Waals surface area contributed by atoms with E-state index in [0.29, 0.717) is 5.69 Å². The zero-order chi connectivity index (χ0) is 24.8. The average molecular weight is 499 g/mol. The predicted octanol–water partition coefficient (Wildman–Crippen LogP) is 6.15. The van der Waals surface area contributed by atoms with Gasteiger partial charge in [-0.3, -0.25) is 25.0 Å². The summed E-state index contributed by atoms with van der Waals surface area (Å²) in [6, 6.07) is 15.6. The second-order valence-electron chi connectivity index (χ2n) is 6.56. The van der Waals surface area contributed by atoms with Crippen molar-refractivity contribution in [1.29, 1.82) is 5.26 Å². The molecule has 0 saturated heterocycles. The van der Waals surface area contributed by atoms with Crippen LogP contribution in [0.15, 0.2) is 66.2 Å². The highest BCUT2D eigenvalue weighted by Crippen LogP contribution is 2.41. The first kappa shape index (κ1) is 24.2. The van der Waals surface area contributed by atoms with Gasteiger partial charge < -0.3 is 10.1 Å². The molecule has 34 heavy (non-hydrogen) atoms. The van der Waals surface area contributed by atoms with E-state index in [-0.39, 0.29) is 32.7 Å². The lowest BCUT2D eigenvalue weighted by Gasteiger charge is -2.12. The third-order valence-corrected chi connectivity index (χ3v) is 4.79. The second-order valence-corrected chi connectivity index (χ2v) is 7.41. The van der Waals surface area contributed by atoms with Crippen molar-refractivity contribution in [2.45, 2.75) is 0 Å². The SMILES string of the molecule is N#C/C(=C\c1cc(Cl)cc(Cl)c1Oc1ccc([N+](=O)[O-])cc1[N+](=O)[O-])C(=O)Nc1ccccc1. The number of nitrogens with one attached hydrogen (secondary N) is 1. The van der Waals surface area contributed by atoms with Crippen LogP contribution in [0.3, 0.4) is 0 Å². The van der Waals surface area contributed by atoms with E-state index in [9.17, 15) is 30.3 Å². The minimum Gasteiger partial charge on any atom is -0.448 e. The van der Waals surface area contributed by atoms with E-state index in [1.54, 1.807) is 36.4 Å². The first-order valence-corrected chi connectivity index (χ1v) is 10.0. The quantitative estimate of drug-likeness (QED) is 0.177. The van der Waals surface area contributed by atoms with Gasteiger partial charge in [-0.05, 0) is 36.4 Å². The Morgan fingerprint density at radius 2 is 1.74 bits per heavy atom. The Kier molecular flexibility index (Phi) is 7.43. The van der Waals surface area contributed by atoms with Gasteiger partial charge in [0.15, 0.2) is 5.75 Å². The van der Waals surface area contributed by atoms with E-state index in [2.05, 4.69) is 5.32 Å². The molecule has 3 aromatic rings. The third kappa shape index (κ3) is 5.66. The molecule has 0 aromatic heterocycles. The van der Waals surface area contributed by atoms with Crippen molar-refractivity contribution in [2.24, 2.45) is 0 Å². The van der Waals surface area contributed by atoms with Gasteiger partial charge in [0.1, 0.15) is 11.6 Å². The lowest BCUT2D eigenvalue weighted by Crippen LogP contribution is -2.13. The number of anilines is 1. The third-order valence-electron chi connectivity index (χ3n) is 4.30. The minimum atomic E-state index is -0.852. The maximum absolute atomic E-state index is 12.6. The number of ether oxygens (including phenoxy) is 1. The first-order chi connectivity index (χ1) is 16.2. The Morgan fingerprint density at radius 3 is 2.35 bits per heavy atom. The Morgan fingerprint density at radius 1 is 1.03 bits per heavy atom. The smallest absolute Gasteiger partial charge is 0.318 e. The molecule has 1 amide bonds. The summed E-state index contributed by atoms with van der Waals surface area (Å²) in [5, 5.41) is 34.6. The number of para-hydroxylation sites is 1. The van der Waals surface area contributed by atoms with E-state index in [0.717, 1.165) is 24.3 Å². The summed E-state index contributed by atoms with van der Waals surface area (Å²) in [6.07, 6.45) is 1.16. The van der Waals surface area contributed by atoms with Crippen molar-refractivity contribution in [1.82, 2.24) is 0 Å². The molecule has 0 aliphatic heterocycles. The fourth-order valence-electron chi connectivity index (χ4n) is 2.78. The second kappa shape index (κ2) is 10.4. The summed E-state index contributed by atoms with van der Waals surface area (Å²) >= 11 is 12.3. The largest absolute Gasteiger partial charge is 0.448 e. The van der Waals surface area contributed by atoms with Crippen LogP contribution >= 0.6 is 23.2 Å². The summed E-state index contributed by atoms with van der Waals surface area (Å²) in [4.78, 5) is 33.3. The summed E-state index contributed by atoms with van der Waals surface area (Å²) in [7, 11) is 0. The number of halogens is 2. The van der Waals surface area contributed by atoms with Crippen molar-refractivity contribution in [3.63, 3.8) is 0 Å². The maximum Gasteiger partial charge on any atom is 0.318 e. The lowest BCUT2D eigenvalue weighted by molar-refractivity contribution is -0.394. The number of nitro groups is 2. The summed E-state index contributed by atoms with van der Waals surface area (Å²) < 4.78 is 5.63. The molecule has 0 bridgehead atoms. The molecule has 0 unspecified atom stereocenters. The van der Waals surface area contributed by atoms with Crippen molar-refractivity contribution in [3.05, 3.63) is 102 Å². The van der Waals surface area contributed by atoms with Crippen LogP contribution in [0.4, 0.5) is 17.1 Å². The number of carbonyl (C=O) groups is 1. The van der Waals surface area contributed by atoms with Crippen molar-refractivity contribution in [2.75, 3.05) is 5.32 Å². The molecule has 0 heterocycles. The number of hydrogen-bond acceptors (Lipinski definition) is 7. The maximum atomic E-state index is 12.6. The molecule has 0 aliphatic carbocycles. The zero-order valence-corrected chi connectivity index (χ0v) is 18.4. The van der Waals surface area contributed by atoms with Crippen LogP contribution < -0.4 is 10.1 Å². The summed E-state index contributed by atoms with van der Waals surface area (Å²) in [5.74, 6) is -1.22. The van der Waals surface area contributed by atoms with Gasteiger partial charge in [0, 0.05) is 22.3 Å². The van der Waals surface area contributed by atoms with Gasteiger partial charge >= 0.3 is 5.69 Å². The molecule has 3 rings (SSSR count). The number of nitro benzene ring substituents is 2. The van der Waals surface area contributed by atoms with E-state index < -0.39 is 27.1 Å². The number of nitriles is 1. The number of non-ortho nitro benzene ring substituents is 1.